The van der Waals surface area contributed by atoms with Crippen LogP contribution >= 0.6 is 22.9 Å². The topological polar surface area (TPSA) is 80.6 Å². The number of benzene rings is 1. The van der Waals surface area contributed by atoms with Crippen molar-refractivity contribution >= 4 is 40.4 Å². The maximum absolute atomic E-state index is 12.1. The van der Waals surface area contributed by atoms with Crippen molar-refractivity contribution in [1.29, 1.82) is 0 Å². The predicted molar refractivity (Wildman–Crippen MR) is 101 cm³/mol. The van der Waals surface area contributed by atoms with Gasteiger partial charge in [-0.05, 0) is 41.8 Å². The first-order chi connectivity index (χ1) is 12.6. The molecule has 0 saturated heterocycles. The normalized spacial score (nSPS) is 10.4. The van der Waals surface area contributed by atoms with Crippen LogP contribution in [0.15, 0.2) is 51.6 Å². The van der Waals surface area contributed by atoms with Crippen LogP contribution in [0, 0.1) is 0 Å². The molecule has 3 rings (SSSR count). The summed E-state index contributed by atoms with van der Waals surface area (Å²) in [6.45, 7) is 0.100. The first-order valence-corrected chi connectivity index (χ1v) is 8.93. The highest BCUT2D eigenvalue weighted by atomic mass is 35.5. The summed E-state index contributed by atoms with van der Waals surface area (Å²) >= 11 is 7.47. The van der Waals surface area contributed by atoms with Gasteiger partial charge >= 0.3 is 11.8 Å². The lowest BCUT2D eigenvalue weighted by Gasteiger charge is -2.10. The Morgan fingerprint density at radius 2 is 2.04 bits per heavy atom. The lowest BCUT2D eigenvalue weighted by Crippen LogP contribution is -2.34. The van der Waals surface area contributed by atoms with Crippen LogP contribution in [0.25, 0.3) is 11.3 Å². The van der Waals surface area contributed by atoms with E-state index in [1.165, 1.54) is 13.2 Å². The number of amides is 2. The molecular formula is C18H15ClN2O4S. The number of hydrogen-bond acceptors (Lipinski definition) is 5. The van der Waals surface area contributed by atoms with Crippen LogP contribution in [0.5, 0.6) is 5.75 Å². The molecule has 0 aliphatic rings. The Morgan fingerprint density at radius 3 is 2.77 bits per heavy atom. The molecule has 0 bridgehead atoms. The molecule has 3 aromatic rings. The Balaban J connectivity index is 1.58. The second kappa shape index (κ2) is 8.07. The number of halogens is 1. The first-order valence-electron chi connectivity index (χ1n) is 7.61. The minimum absolute atomic E-state index is 0.100. The molecule has 8 heteroatoms. The van der Waals surface area contributed by atoms with Crippen molar-refractivity contribution in [3.8, 4) is 17.1 Å². The van der Waals surface area contributed by atoms with E-state index in [1.54, 1.807) is 29.5 Å². The number of furan rings is 1. The molecular weight excluding hydrogens is 376 g/mol. The fourth-order valence-electron chi connectivity index (χ4n) is 2.24. The minimum atomic E-state index is -0.824. The second-order valence-electron chi connectivity index (χ2n) is 5.26. The Bertz CT molecular complexity index is 921. The Hall–Kier alpha value is -2.77. The summed E-state index contributed by atoms with van der Waals surface area (Å²) in [6, 6.07) is 10.2. The molecule has 0 atom stereocenters. The van der Waals surface area contributed by atoms with Crippen LogP contribution in [-0.4, -0.2) is 18.9 Å². The second-order valence-corrected chi connectivity index (χ2v) is 6.48. The summed E-state index contributed by atoms with van der Waals surface area (Å²) < 4.78 is 10.8. The third-order valence-corrected chi connectivity index (χ3v) is 4.42. The highest BCUT2D eigenvalue weighted by Gasteiger charge is 2.16. The number of methoxy groups -OCH3 is 1. The SMILES string of the molecule is COc1ccc(Cl)cc1NC(=O)C(=O)NCc1ccc(-c2ccsc2)o1. The van der Waals surface area contributed by atoms with Gasteiger partial charge in [-0.2, -0.15) is 11.3 Å². The molecule has 0 spiro atoms. The fourth-order valence-corrected chi connectivity index (χ4v) is 3.05. The monoisotopic (exact) mass is 390 g/mol. The summed E-state index contributed by atoms with van der Waals surface area (Å²) in [5, 5.41) is 9.32. The lowest BCUT2D eigenvalue weighted by molar-refractivity contribution is -0.136. The van der Waals surface area contributed by atoms with Crippen LogP contribution in [0.1, 0.15) is 5.76 Å². The highest BCUT2D eigenvalue weighted by Crippen LogP contribution is 2.27. The molecule has 2 heterocycles. The molecule has 6 nitrogen and oxygen atoms in total. The van der Waals surface area contributed by atoms with Gasteiger partial charge in [-0.1, -0.05) is 11.6 Å². The highest BCUT2D eigenvalue weighted by molar-refractivity contribution is 7.08. The van der Waals surface area contributed by atoms with Crippen LogP contribution in [0.3, 0.4) is 0 Å². The van der Waals surface area contributed by atoms with E-state index in [1.807, 2.05) is 22.9 Å². The van der Waals surface area contributed by atoms with E-state index in [0.29, 0.717) is 28.0 Å². The molecule has 0 aliphatic heterocycles. The average molecular weight is 391 g/mol. The molecule has 0 aliphatic carbocycles. The lowest BCUT2D eigenvalue weighted by atomic mass is 10.3. The van der Waals surface area contributed by atoms with E-state index < -0.39 is 11.8 Å². The number of carbonyl (C=O) groups excluding carboxylic acids is 2. The van der Waals surface area contributed by atoms with E-state index in [-0.39, 0.29) is 6.54 Å². The molecule has 2 N–H and O–H groups in total. The van der Waals surface area contributed by atoms with Gasteiger partial charge in [-0.25, -0.2) is 0 Å². The van der Waals surface area contributed by atoms with Crippen molar-refractivity contribution < 1.29 is 18.7 Å². The van der Waals surface area contributed by atoms with Gasteiger partial charge in [-0.15, -0.1) is 0 Å². The zero-order chi connectivity index (χ0) is 18.5. The molecule has 0 radical (unpaired) electrons. The molecule has 0 fully saturated rings. The quantitative estimate of drug-likeness (QED) is 0.647. The minimum Gasteiger partial charge on any atom is -0.495 e. The van der Waals surface area contributed by atoms with E-state index in [4.69, 9.17) is 20.8 Å². The van der Waals surface area contributed by atoms with Crippen molar-refractivity contribution in [2.24, 2.45) is 0 Å². The number of nitrogens with one attached hydrogen (secondary N) is 2. The van der Waals surface area contributed by atoms with Crippen LogP contribution in [-0.2, 0) is 16.1 Å². The summed E-state index contributed by atoms with van der Waals surface area (Å²) in [5.74, 6) is 0.0500. The van der Waals surface area contributed by atoms with Crippen molar-refractivity contribution in [2.75, 3.05) is 12.4 Å². The molecule has 0 unspecified atom stereocenters. The van der Waals surface area contributed by atoms with Gasteiger partial charge in [0.2, 0.25) is 0 Å². The Morgan fingerprint density at radius 1 is 1.19 bits per heavy atom. The number of thiophene rings is 1. The zero-order valence-electron chi connectivity index (χ0n) is 13.7. The van der Waals surface area contributed by atoms with Crippen molar-refractivity contribution in [3.05, 3.63) is 57.9 Å². The number of ether oxygens (including phenoxy) is 1. The van der Waals surface area contributed by atoms with Gasteiger partial charge in [0.25, 0.3) is 0 Å². The molecule has 1 aromatic carbocycles. The smallest absolute Gasteiger partial charge is 0.313 e. The number of anilines is 1. The van der Waals surface area contributed by atoms with Crippen molar-refractivity contribution in [1.82, 2.24) is 5.32 Å². The summed E-state index contributed by atoms with van der Waals surface area (Å²) in [6.07, 6.45) is 0. The maximum Gasteiger partial charge on any atom is 0.313 e. The van der Waals surface area contributed by atoms with Crippen LogP contribution in [0.2, 0.25) is 5.02 Å². The molecule has 134 valence electrons. The van der Waals surface area contributed by atoms with Gasteiger partial charge in [-0.3, -0.25) is 9.59 Å². The predicted octanol–water partition coefficient (Wildman–Crippen LogP) is 3.93. The Kier molecular flexibility index (Phi) is 5.60. The van der Waals surface area contributed by atoms with Gasteiger partial charge in [0.1, 0.15) is 17.3 Å². The van der Waals surface area contributed by atoms with E-state index in [0.717, 1.165) is 5.56 Å². The van der Waals surface area contributed by atoms with E-state index in [2.05, 4.69) is 10.6 Å². The van der Waals surface area contributed by atoms with E-state index >= 15 is 0 Å². The van der Waals surface area contributed by atoms with Gasteiger partial charge in [0, 0.05) is 16.0 Å². The van der Waals surface area contributed by atoms with Crippen molar-refractivity contribution in [2.45, 2.75) is 6.54 Å². The maximum atomic E-state index is 12.1. The third-order valence-electron chi connectivity index (χ3n) is 3.51. The first kappa shape index (κ1) is 18.0. The molecule has 26 heavy (non-hydrogen) atoms. The zero-order valence-corrected chi connectivity index (χ0v) is 15.3. The van der Waals surface area contributed by atoms with Gasteiger partial charge < -0.3 is 19.8 Å². The van der Waals surface area contributed by atoms with Crippen LogP contribution in [0.4, 0.5) is 5.69 Å². The fraction of sp³-hybridized carbons (Fsp3) is 0.111. The summed E-state index contributed by atoms with van der Waals surface area (Å²) in [7, 11) is 1.46. The largest absolute Gasteiger partial charge is 0.495 e. The molecule has 2 aromatic heterocycles. The van der Waals surface area contributed by atoms with E-state index in [9.17, 15) is 9.59 Å². The standard InChI is InChI=1S/C18H15ClN2O4S/c1-24-16-4-2-12(19)8-14(16)21-18(23)17(22)20-9-13-3-5-15(25-13)11-6-7-26-10-11/h2-8,10H,9H2,1H3,(H,20,22)(H,21,23). The van der Waals surface area contributed by atoms with Gasteiger partial charge in [0.05, 0.1) is 19.3 Å². The Labute approximate surface area is 158 Å². The van der Waals surface area contributed by atoms with Crippen LogP contribution < -0.4 is 15.4 Å². The number of rotatable bonds is 5. The van der Waals surface area contributed by atoms with Crippen molar-refractivity contribution in [3.63, 3.8) is 0 Å². The van der Waals surface area contributed by atoms with Gasteiger partial charge in [0.15, 0.2) is 0 Å². The summed E-state index contributed by atoms with van der Waals surface area (Å²) in [4.78, 5) is 24.1. The average Bonchev–Trinajstić information content (AvgIpc) is 3.31. The molecule has 2 amide bonds. The number of hydrogen-bond donors (Lipinski definition) is 2. The number of carbonyl (C=O) groups is 2. The summed E-state index contributed by atoms with van der Waals surface area (Å²) in [5.41, 5.74) is 1.29. The molecule has 0 saturated carbocycles. The third kappa shape index (κ3) is 4.25.